The Morgan fingerprint density at radius 3 is 2.46 bits per heavy atom. The number of rotatable bonds is 5. The molecule has 2 aromatic rings. The highest BCUT2D eigenvalue weighted by molar-refractivity contribution is 9.10. The number of nitrogens with zero attached hydrogens (tertiary/aromatic N) is 2. The van der Waals surface area contributed by atoms with Gasteiger partial charge in [-0.3, -0.25) is 20.3 Å². The van der Waals surface area contributed by atoms with Crippen molar-refractivity contribution >= 4 is 49.1 Å². The first kappa shape index (κ1) is 18.3. The molecule has 1 aromatic heterocycles. The van der Waals surface area contributed by atoms with E-state index >= 15 is 0 Å². The molecule has 9 nitrogen and oxygen atoms in total. The van der Waals surface area contributed by atoms with E-state index in [1.54, 1.807) is 0 Å². The van der Waals surface area contributed by atoms with Gasteiger partial charge in [-0.25, -0.2) is 13.4 Å². The molecule has 1 aromatic carbocycles. The summed E-state index contributed by atoms with van der Waals surface area (Å²) < 4.78 is 24.4. The Hall–Kier alpha value is -2.08. The van der Waals surface area contributed by atoms with Gasteiger partial charge >= 0.3 is 0 Å². The minimum atomic E-state index is -4.07. The average molecular weight is 436 g/mol. The second-order valence-corrected chi connectivity index (χ2v) is 7.20. The SMILES string of the molecule is O=C(NNS(=O)(=O)c1cnc(Cl)c(Br)c1)c1ccc([N+](=O)[O-])cc1. The van der Waals surface area contributed by atoms with Crippen LogP contribution < -0.4 is 10.3 Å². The minimum Gasteiger partial charge on any atom is -0.273 e. The van der Waals surface area contributed by atoms with Gasteiger partial charge in [-0.15, -0.1) is 4.83 Å². The largest absolute Gasteiger partial charge is 0.273 e. The van der Waals surface area contributed by atoms with Gasteiger partial charge in [0.05, 0.1) is 9.40 Å². The summed E-state index contributed by atoms with van der Waals surface area (Å²) in [6, 6.07) is 5.87. The first-order valence-corrected chi connectivity index (χ1v) is 8.74. The van der Waals surface area contributed by atoms with Crippen LogP contribution in [0.15, 0.2) is 45.9 Å². The number of nitro groups is 1. The van der Waals surface area contributed by atoms with Crippen LogP contribution >= 0.6 is 27.5 Å². The molecule has 0 bridgehead atoms. The number of hydrogen-bond acceptors (Lipinski definition) is 6. The highest BCUT2D eigenvalue weighted by Gasteiger charge is 2.18. The number of carbonyl (C=O) groups is 1. The summed E-state index contributed by atoms with van der Waals surface area (Å²) in [5.41, 5.74) is 1.85. The predicted octanol–water partition coefficient (Wildman–Crippen LogP) is 2.03. The van der Waals surface area contributed by atoms with Crippen LogP contribution in [0.5, 0.6) is 0 Å². The summed E-state index contributed by atoms with van der Waals surface area (Å²) >= 11 is 8.73. The Bertz CT molecular complexity index is 904. The summed E-state index contributed by atoms with van der Waals surface area (Å²) in [5, 5.41) is 10.6. The van der Waals surface area contributed by atoms with Crippen molar-refractivity contribution in [1.82, 2.24) is 15.2 Å². The fourth-order valence-corrected chi connectivity index (χ4v) is 2.94. The number of sulfonamides is 1. The van der Waals surface area contributed by atoms with Crippen LogP contribution in [0.1, 0.15) is 10.4 Å². The van der Waals surface area contributed by atoms with Gasteiger partial charge in [0.1, 0.15) is 10.0 Å². The van der Waals surface area contributed by atoms with E-state index in [4.69, 9.17) is 11.6 Å². The monoisotopic (exact) mass is 434 g/mol. The smallest absolute Gasteiger partial charge is 0.269 e. The number of amides is 1. The first-order chi connectivity index (χ1) is 11.2. The van der Waals surface area contributed by atoms with Gasteiger partial charge in [-0.1, -0.05) is 11.6 Å². The van der Waals surface area contributed by atoms with Gasteiger partial charge in [0, 0.05) is 23.9 Å². The molecule has 1 amide bonds. The third kappa shape index (κ3) is 4.26. The fraction of sp³-hybridized carbons (Fsp3) is 0. The molecule has 0 atom stereocenters. The van der Waals surface area contributed by atoms with Gasteiger partial charge < -0.3 is 0 Å². The summed E-state index contributed by atoms with van der Waals surface area (Å²) in [7, 11) is -4.07. The number of benzene rings is 1. The minimum absolute atomic E-state index is 0.0405. The van der Waals surface area contributed by atoms with E-state index in [1.165, 1.54) is 18.2 Å². The third-order valence-corrected chi connectivity index (χ3v) is 5.07. The lowest BCUT2D eigenvalue weighted by molar-refractivity contribution is -0.384. The Morgan fingerprint density at radius 2 is 1.92 bits per heavy atom. The van der Waals surface area contributed by atoms with Gasteiger partial charge in [-0.2, -0.15) is 0 Å². The maximum absolute atomic E-state index is 12.1. The van der Waals surface area contributed by atoms with E-state index < -0.39 is 20.9 Å². The summed E-state index contributed by atoms with van der Waals surface area (Å²) in [6.45, 7) is 0. The molecule has 0 saturated carbocycles. The van der Waals surface area contributed by atoms with Crippen molar-refractivity contribution in [2.75, 3.05) is 0 Å². The van der Waals surface area contributed by atoms with Gasteiger partial charge in [0.15, 0.2) is 0 Å². The zero-order valence-corrected chi connectivity index (χ0v) is 14.7. The Morgan fingerprint density at radius 1 is 1.29 bits per heavy atom. The molecule has 2 rings (SSSR count). The van der Waals surface area contributed by atoms with Crippen LogP contribution in [0.2, 0.25) is 5.15 Å². The van der Waals surface area contributed by atoms with Crippen molar-refractivity contribution in [3.05, 3.63) is 61.8 Å². The van der Waals surface area contributed by atoms with E-state index in [1.807, 2.05) is 10.3 Å². The molecule has 0 aliphatic heterocycles. The number of nitrogens with one attached hydrogen (secondary N) is 2. The predicted molar refractivity (Wildman–Crippen MR) is 87.8 cm³/mol. The Kier molecular flexibility index (Phi) is 5.49. The molecule has 12 heteroatoms. The standard InChI is InChI=1S/C12H8BrClN4O5S/c13-10-5-9(6-15-11(10)14)24(22,23)17-16-12(19)7-1-3-8(4-2-7)18(20)21/h1-6,17H,(H,16,19). The number of non-ortho nitro benzene ring substituents is 1. The van der Waals surface area contributed by atoms with Gasteiger partial charge in [-0.05, 0) is 34.1 Å². The lowest BCUT2D eigenvalue weighted by atomic mass is 10.2. The summed E-state index contributed by atoms with van der Waals surface area (Å²) in [5.74, 6) is -0.783. The van der Waals surface area contributed by atoms with Crippen molar-refractivity contribution in [2.24, 2.45) is 0 Å². The summed E-state index contributed by atoms with van der Waals surface area (Å²) in [4.78, 5) is 27.1. The number of nitro benzene ring substituents is 1. The van der Waals surface area contributed by atoms with Crippen molar-refractivity contribution in [1.29, 1.82) is 0 Å². The second-order valence-electron chi connectivity index (χ2n) is 4.31. The molecular formula is C12H8BrClN4O5S. The number of pyridine rings is 1. The van der Waals surface area contributed by atoms with Crippen LogP contribution in [-0.2, 0) is 10.0 Å². The van der Waals surface area contributed by atoms with Crippen LogP contribution in [0.3, 0.4) is 0 Å². The van der Waals surface area contributed by atoms with Crippen molar-refractivity contribution < 1.29 is 18.1 Å². The zero-order chi connectivity index (χ0) is 17.9. The highest BCUT2D eigenvalue weighted by Crippen LogP contribution is 2.22. The molecular weight excluding hydrogens is 428 g/mol. The Labute approximate surface area is 149 Å². The van der Waals surface area contributed by atoms with E-state index in [-0.39, 0.29) is 25.8 Å². The number of hydrogen-bond donors (Lipinski definition) is 2. The molecule has 0 saturated heterocycles. The first-order valence-electron chi connectivity index (χ1n) is 6.08. The van der Waals surface area contributed by atoms with Crippen molar-refractivity contribution in [2.45, 2.75) is 4.90 Å². The van der Waals surface area contributed by atoms with Crippen LogP contribution in [0.4, 0.5) is 5.69 Å². The molecule has 0 spiro atoms. The van der Waals surface area contributed by atoms with Gasteiger partial charge in [0.2, 0.25) is 0 Å². The molecule has 24 heavy (non-hydrogen) atoms. The zero-order valence-electron chi connectivity index (χ0n) is 11.6. The summed E-state index contributed by atoms with van der Waals surface area (Å²) in [6.07, 6.45) is 1.02. The van der Waals surface area contributed by atoms with Crippen molar-refractivity contribution in [3.8, 4) is 0 Å². The highest BCUT2D eigenvalue weighted by atomic mass is 79.9. The van der Waals surface area contributed by atoms with Crippen LogP contribution in [-0.4, -0.2) is 24.2 Å². The number of hydrazine groups is 1. The molecule has 1 heterocycles. The van der Waals surface area contributed by atoms with E-state index in [2.05, 4.69) is 20.9 Å². The second kappa shape index (κ2) is 7.21. The molecule has 0 aliphatic carbocycles. The number of halogens is 2. The molecule has 0 radical (unpaired) electrons. The molecule has 2 N–H and O–H groups in total. The van der Waals surface area contributed by atoms with E-state index in [0.29, 0.717) is 0 Å². The Balaban J connectivity index is 2.09. The lowest BCUT2D eigenvalue weighted by Crippen LogP contribution is -2.41. The molecule has 0 fully saturated rings. The lowest BCUT2D eigenvalue weighted by Gasteiger charge is -2.08. The van der Waals surface area contributed by atoms with Gasteiger partial charge in [0.25, 0.3) is 21.6 Å². The maximum atomic E-state index is 12.1. The van der Waals surface area contributed by atoms with Crippen molar-refractivity contribution in [3.63, 3.8) is 0 Å². The quantitative estimate of drug-likeness (QED) is 0.420. The average Bonchev–Trinajstić information content (AvgIpc) is 2.55. The normalized spacial score (nSPS) is 11.1. The van der Waals surface area contributed by atoms with E-state index in [9.17, 15) is 23.3 Å². The van der Waals surface area contributed by atoms with Crippen LogP contribution in [0.25, 0.3) is 0 Å². The molecule has 126 valence electrons. The number of aromatic nitrogens is 1. The molecule has 0 unspecified atom stereocenters. The van der Waals surface area contributed by atoms with E-state index in [0.717, 1.165) is 18.3 Å². The fourth-order valence-electron chi connectivity index (χ4n) is 1.53. The third-order valence-electron chi connectivity index (χ3n) is 2.72. The molecule has 0 aliphatic rings. The van der Waals surface area contributed by atoms with Crippen LogP contribution in [0, 0.1) is 10.1 Å². The maximum Gasteiger partial charge on any atom is 0.269 e. The number of carbonyl (C=O) groups excluding carboxylic acids is 1. The topological polar surface area (TPSA) is 131 Å².